The number of anilines is 1. The first-order valence-corrected chi connectivity index (χ1v) is 11.4. The first kappa shape index (κ1) is 22.8. The van der Waals surface area contributed by atoms with E-state index in [-0.39, 0.29) is 17.5 Å². The maximum Gasteiger partial charge on any atom is 0.451 e. The van der Waals surface area contributed by atoms with Crippen LogP contribution in [0.1, 0.15) is 22.6 Å². The van der Waals surface area contributed by atoms with Gasteiger partial charge >= 0.3 is 6.18 Å². The molecule has 2 aliphatic heterocycles. The van der Waals surface area contributed by atoms with Crippen molar-refractivity contribution in [3.63, 3.8) is 0 Å². The van der Waals surface area contributed by atoms with Crippen molar-refractivity contribution in [3.8, 4) is 0 Å². The lowest BCUT2D eigenvalue weighted by atomic mass is 10.1. The van der Waals surface area contributed by atoms with Crippen LogP contribution >= 0.6 is 11.6 Å². The van der Waals surface area contributed by atoms with Gasteiger partial charge in [0.15, 0.2) is 0 Å². The quantitative estimate of drug-likeness (QED) is 0.557. The SMILES string of the molecule is O=C(c1ccc(Cl)cc1)N1CCN(C2CCN(c3nc(C(F)(F)F)nc4cnccc34)C2)CC1. The van der Waals surface area contributed by atoms with Crippen molar-refractivity contribution in [1.82, 2.24) is 24.8 Å². The fourth-order valence-corrected chi connectivity index (χ4v) is 4.76. The normalized spacial score (nSPS) is 19.7. The van der Waals surface area contributed by atoms with Crippen LogP contribution in [0.5, 0.6) is 0 Å². The minimum atomic E-state index is -4.63. The summed E-state index contributed by atoms with van der Waals surface area (Å²) in [6.07, 6.45) is -0.957. The Balaban J connectivity index is 1.27. The summed E-state index contributed by atoms with van der Waals surface area (Å²) < 4.78 is 40.2. The van der Waals surface area contributed by atoms with Gasteiger partial charge in [-0.25, -0.2) is 9.97 Å². The zero-order valence-corrected chi connectivity index (χ0v) is 18.9. The van der Waals surface area contributed by atoms with Crippen LogP contribution in [0.25, 0.3) is 10.9 Å². The number of rotatable bonds is 3. The standard InChI is InChI=1S/C23H22ClF3N6O/c24-16-3-1-15(2-4-16)21(34)32-11-9-31(10-12-32)17-6-8-33(14-17)20-18-5-7-28-13-19(18)29-22(30-20)23(25,26)27/h1-5,7,13,17H,6,8-12,14H2. The molecule has 4 heterocycles. The van der Waals surface area contributed by atoms with Crippen LogP contribution in [0.4, 0.5) is 19.0 Å². The number of carbonyl (C=O) groups excluding carboxylic acids is 1. The molecule has 3 aromatic rings. The molecule has 34 heavy (non-hydrogen) atoms. The molecule has 0 N–H and O–H groups in total. The molecule has 1 atom stereocenters. The number of amides is 1. The topological polar surface area (TPSA) is 65.5 Å². The van der Waals surface area contributed by atoms with Gasteiger partial charge in [-0.2, -0.15) is 13.2 Å². The van der Waals surface area contributed by atoms with Gasteiger partial charge in [0, 0.05) is 67.5 Å². The molecule has 2 fully saturated rings. The second kappa shape index (κ2) is 8.99. The van der Waals surface area contributed by atoms with Gasteiger partial charge in [0.05, 0.1) is 11.7 Å². The molecule has 7 nitrogen and oxygen atoms in total. The van der Waals surface area contributed by atoms with Crippen LogP contribution in [0.3, 0.4) is 0 Å². The van der Waals surface area contributed by atoms with Gasteiger partial charge in [-0.05, 0) is 36.8 Å². The van der Waals surface area contributed by atoms with E-state index in [4.69, 9.17) is 11.6 Å². The molecule has 0 aliphatic carbocycles. The highest BCUT2D eigenvalue weighted by Crippen LogP contribution is 2.33. The molecule has 0 radical (unpaired) electrons. The monoisotopic (exact) mass is 490 g/mol. The van der Waals surface area contributed by atoms with Gasteiger partial charge in [-0.1, -0.05) is 11.6 Å². The zero-order valence-electron chi connectivity index (χ0n) is 18.2. The molecular formula is C23H22ClF3N6O. The van der Waals surface area contributed by atoms with Gasteiger partial charge in [-0.3, -0.25) is 14.7 Å². The van der Waals surface area contributed by atoms with Crippen molar-refractivity contribution < 1.29 is 18.0 Å². The number of piperazine rings is 1. The van der Waals surface area contributed by atoms with E-state index in [2.05, 4.69) is 19.9 Å². The lowest BCUT2D eigenvalue weighted by molar-refractivity contribution is -0.144. The maximum atomic E-state index is 13.4. The summed E-state index contributed by atoms with van der Waals surface area (Å²) in [6, 6.07) is 8.68. The van der Waals surface area contributed by atoms with E-state index < -0.39 is 12.0 Å². The average molecular weight is 491 g/mol. The van der Waals surface area contributed by atoms with E-state index in [9.17, 15) is 18.0 Å². The summed E-state index contributed by atoms with van der Waals surface area (Å²) in [5, 5.41) is 1.14. The van der Waals surface area contributed by atoms with E-state index in [1.165, 1.54) is 12.4 Å². The predicted molar refractivity (Wildman–Crippen MR) is 122 cm³/mol. The van der Waals surface area contributed by atoms with Crippen LogP contribution in [0, 0.1) is 0 Å². The molecule has 2 aliphatic rings. The lowest BCUT2D eigenvalue weighted by Crippen LogP contribution is -2.52. The molecule has 5 rings (SSSR count). The molecule has 0 spiro atoms. The van der Waals surface area contributed by atoms with Gasteiger partial charge in [-0.15, -0.1) is 0 Å². The number of pyridine rings is 1. The van der Waals surface area contributed by atoms with Crippen molar-refractivity contribution in [2.75, 3.05) is 44.2 Å². The van der Waals surface area contributed by atoms with Crippen LogP contribution in [-0.4, -0.2) is 76.0 Å². The molecule has 0 saturated carbocycles. The minimum Gasteiger partial charge on any atom is -0.354 e. The summed E-state index contributed by atoms with van der Waals surface area (Å²) in [4.78, 5) is 30.3. The summed E-state index contributed by atoms with van der Waals surface area (Å²) in [5.41, 5.74) is 0.785. The van der Waals surface area contributed by atoms with E-state index in [1.54, 1.807) is 30.3 Å². The number of hydrogen-bond acceptors (Lipinski definition) is 6. The van der Waals surface area contributed by atoms with E-state index in [0.717, 1.165) is 6.42 Å². The van der Waals surface area contributed by atoms with Crippen molar-refractivity contribution in [2.45, 2.75) is 18.6 Å². The highest BCUT2D eigenvalue weighted by atomic mass is 35.5. The van der Waals surface area contributed by atoms with Crippen molar-refractivity contribution in [1.29, 1.82) is 0 Å². The number of fused-ring (bicyclic) bond motifs is 1. The molecule has 1 aromatic carbocycles. The predicted octanol–water partition coefficient (Wildman–Crippen LogP) is 3.73. The largest absolute Gasteiger partial charge is 0.451 e. The number of alkyl halides is 3. The second-order valence-corrected chi connectivity index (χ2v) is 8.92. The highest BCUT2D eigenvalue weighted by Gasteiger charge is 2.37. The van der Waals surface area contributed by atoms with Crippen molar-refractivity contribution in [2.24, 2.45) is 0 Å². The Kier molecular flexibility index (Phi) is 6.03. The van der Waals surface area contributed by atoms with Gasteiger partial charge in [0.1, 0.15) is 5.82 Å². The van der Waals surface area contributed by atoms with Gasteiger partial charge < -0.3 is 9.80 Å². The number of nitrogens with zero attached hydrogens (tertiary/aromatic N) is 6. The Morgan fingerprint density at radius 3 is 2.44 bits per heavy atom. The molecule has 11 heteroatoms. The number of benzene rings is 1. The fraction of sp³-hybridized carbons (Fsp3) is 0.391. The minimum absolute atomic E-state index is 0.0230. The van der Waals surface area contributed by atoms with E-state index >= 15 is 0 Å². The zero-order chi connectivity index (χ0) is 23.9. The number of halogens is 4. The number of hydrogen-bond donors (Lipinski definition) is 0. The third-order valence-corrected chi connectivity index (χ3v) is 6.66. The van der Waals surface area contributed by atoms with Gasteiger partial charge in [0.25, 0.3) is 5.91 Å². The maximum absolute atomic E-state index is 13.4. The van der Waals surface area contributed by atoms with Gasteiger partial charge in [0.2, 0.25) is 5.82 Å². The lowest BCUT2D eigenvalue weighted by Gasteiger charge is -2.38. The summed E-state index contributed by atoms with van der Waals surface area (Å²) in [5.74, 6) is -0.885. The molecular weight excluding hydrogens is 469 g/mol. The average Bonchev–Trinajstić information content (AvgIpc) is 3.33. The Hall–Kier alpha value is -2.98. The summed E-state index contributed by atoms with van der Waals surface area (Å²) in [7, 11) is 0. The van der Waals surface area contributed by atoms with Crippen LogP contribution in [0.15, 0.2) is 42.7 Å². The molecule has 1 amide bonds. The van der Waals surface area contributed by atoms with Crippen LogP contribution < -0.4 is 4.90 Å². The smallest absolute Gasteiger partial charge is 0.354 e. The number of carbonyl (C=O) groups is 1. The van der Waals surface area contributed by atoms with E-state index in [1.807, 2.05) is 9.80 Å². The second-order valence-electron chi connectivity index (χ2n) is 8.48. The third kappa shape index (κ3) is 4.52. The first-order chi connectivity index (χ1) is 16.3. The molecule has 1 unspecified atom stereocenters. The molecule has 2 saturated heterocycles. The van der Waals surface area contributed by atoms with Crippen molar-refractivity contribution >= 4 is 34.2 Å². The Bertz CT molecular complexity index is 1200. The fourth-order valence-electron chi connectivity index (χ4n) is 4.63. The van der Waals surface area contributed by atoms with Crippen LogP contribution in [0.2, 0.25) is 5.02 Å². The Morgan fingerprint density at radius 1 is 1.00 bits per heavy atom. The number of aromatic nitrogens is 3. The van der Waals surface area contributed by atoms with Crippen molar-refractivity contribution in [3.05, 3.63) is 59.1 Å². The molecule has 2 aromatic heterocycles. The highest BCUT2D eigenvalue weighted by molar-refractivity contribution is 6.30. The first-order valence-electron chi connectivity index (χ1n) is 11.0. The summed E-state index contributed by atoms with van der Waals surface area (Å²) in [6.45, 7) is 3.77. The molecule has 0 bridgehead atoms. The third-order valence-electron chi connectivity index (χ3n) is 6.40. The molecule has 178 valence electrons. The Morgan fingerprint density at radius 2 is 1.74 bits per heavy atom. The summed E-state index contributed by atoms with van der Waals surface area (Å²) >= 11 is 5.91. The van der Waals surface area contributed by atoms with E-state index in [0.29, 0.717) is 61.1 Å². The van der Waals surface area contributed by atoms with Crippen LogP contribution in [-0.2, 0) is 6.18 Å². The Labute approximate surface area is 199 Å².